The summed E-state index contributed by atoms with van der Waals surface area (Å²) in [5.41, 5.74) is -1.35. The molecule has 13 nitrogen and oxygen atoms in total. The number of amides is 1. The lowest BCUT2D eigenvalue weighted by Crippen LogP contribution is -2.60. The summed E-state index contributed by atoms with van der Waals surface area (Å²) in [5.74, 6) is 1.82. The molecule has 4 rings (SSSR count). The molecule has 1 aromatic rings. The van der Waals surface area contributed by atoms with E-state index >= 15 is 0 Å². The Hall–Kier alpha value is -3.48. The number of hydrogen-bond acceptors (Lipinski definition) is 12. The van der Waals surface area contributed by atoms with E-state index in [1.807, 2.05) is 71.0 Å². The number of esters is 1. The van der Waals surface area contributed by atoms with Gasteiger partial charge in [-0.3, -0.25) is 14.4 Å². The summed E-state index contributed by atoms with van der Waals surface area (Å²) in [6.45, 7) is 15.2. The van der Waals surface area contributed by atoms with Crippen molar-refractivity contribution in [3.8, 4) is 17.6 Å². The molecular weight excluding hydrogens is 732 g/mol. The van der Waals surface area contributed by atoms with Gasteiger partial charge in [-0.05, 0) is 103 Å². The van der Waals surface area contributed by atoms with E-state index in [4.69, 9.17) is 28.4 Å². The third-order valence-corrected chi connectivity index (χ3v) is 11.7. The maximum atomic E-state index is 14.5. The first-order valence-electron chi connectivity index (χ1n) is 20.0. The van der Waals surface area contributed by atoms with Gasteiger partial charge in [-0.2, -0.15) is 0 Å². The van der Waals surface area contributed by atoms with Crippen molar-refractivity contribution in [2.24, 2.45) is 28.7 Å². The molecule has 2 N–H and O–H groups in total. The first-order chi connectivity index (χ1) is 26.7. The molecule has 0 spiro atoms. The molecule has 3 fully saturated rings. The number of rotatable bonds is 5. The molecule has 3 heterocycles. The van der Waals surface area contributed by atoms with Gasteiger partial charge in [-0.25, -0.2) is 4.99 Å². The van der Waals surface area contributed by atoms with E-state index in [2.05, 4.69) is 16.8 Å². The fraction of sp³-hybridized carbons (Fsp3) is 0.682. The molecule has 0 radical (unpaired) electrons. The van der Waals surface area contributed by atoms with Crippen molar-refractivity contribution in [3.05, 3.63) is 41.5 Å². The summed E-state index contributed by atoms with van der Waals surface area (Å²) < 4.78 is 37.9. The van der Waals surface area contributed by atoms with E-state index in [1.54, 1.807) is 34.0 Å². The van der Waals surface area contributed by atoms with Gasteiger partial charge in [0.05, 0.1) is 44.2 Å². The zero-order valence-corrected chi connectivity index (χ0v) is 35.7. The van der Waals surface area contributed by atoms with Crippen molar-refractivity contribution in [3.63, 3.8) is 0 Å². The quantitative estimate of drug-likeness (QED) is 0.244. The van der Waals surface area contributed by atoms with E-state index in [9.17, 15) is 24.6 Å². The molecule has 316 valence electrons. The van der Waals surface area contributed by atoms with Crippen LogP contribution in [0.25, 0.3) is 0 Å². The van der Waals surface area contributed by atoms with Crippen LogP contribution in [0.2, 0.25) is 0 Å². The number of carbonyl (C=O) groups excluding carboxylic acids is 3. The van der Waals surface area contributed by atoms with E-state index in [0.29, 0.717) is 23.5 Å². The first kappa shape index (κ1) is 46.2. The highest BCUT2D eigenvalue weighted by Gasteiger charge is 2.53. The van der Waals surface area contributed by atoms with Crippen molar-refractivity contribution in [1.82, 2.24) is 4.90 Å². The monoisotopic (exact) mass is 796 g/mol. The Balaban J connectivity index is 1.97. The number of benzene rings is 1. The number of carbonyl (C=O) groups is 3. The third-order valence-electron chi connectivity index (χ3n) is 11.7. The number of nitrogens with zero attached hydrogens (tertiary/aromatic N) is 2. The number of likely N-dealkylation sites (N-methyl/N-ethyl adjacent to an activating group) is 1. The SMILES string of the molecule is CC[C@H]1OC(=O)[C@H](C)C(=O)[C@H](C)C(O[C@@H]2O[C@H](C)C[C@H](N(C)C)C2O)[C@@]2(C)CC(C)C(=NC(C)=O)C(C)C(OC/C(=C/C#Cc3ccc(OC)cc3)CO2)[C@]1(C)O. The minimum Gasteiger partial charge on any atom is -0.497 e. The number of ketones is 1. The second kappa shape index (κ2) is 19.5. The molecule has 13 heteroatoms. The number of fused-ring (bicyclic) bond motifs is 5. The van der Waals surface area contributed by atoms with Crippen molar-refractivity contribution >= 4 is 23.4 Å². The van der Waals surface area contributed by atoms with Gasteiger partial charge in [-0.1, -0.05) is 39.5 Å². The molecule has 0 aliphatic carbocycles. The predicted molar refractivity (Wildman–Crippen MR) is 215 cm³/mol. The number of allylic oxidation sites excluding steroid dienone is 1. The van der Waals surface area contributed by atoms with Gasteiger partial charge >= 0.3 is 5.97 Å². The number of cyclic esters (lactones) is 1. The zero-order chi connectivity index (χ0) is 42.4. The van der Waals surface area contributed by atoms with Crippen LogP contribution in [0.3, 0.4) is 0 Å². The highest BCUT2D eigenvalue weighted by atomic mass is 16.7. The molecule has 0 aromatic heterocycles. The largest absolute Gasteiger partial charge is 0.497 e. The average molecular weight is 797 g/mol. The van der Waals surface area contributed by atoms with Crippen LogP contribution in [0.1, 0.15) is 87.1 Å². The first-order valence-corrected chi connectivity index (χ1v) is 20.0. The summed E-state index contributed by atoms with van der Waals surface area (Å²) >= 11 is 0. The second-order valence-corrected chi connectivity index (χ2v) is 16.7. The third kappa shape index (κ3) is 11.0. The number of hydrogen-bond donors (Lipinski definition) is 2. The molecule has 5 unspecified atom stereocenters. The van der Waals surface area contributed by atoms with Crippen molar-refractivity contribution in [2.75, 3.05) is 34.4 Å². The van der Waals surface area contributed by atoms with E-state index in [0.717, 1.165) is 5.56 Å². The molecule has 57 heavy (non-hydrogen) atoms. The number of aliphatic imine (C=N–C) groups is 1. The highest BCUT2D eigenvalue weighted by Crippen LogP contribution is 2.40. The second-order valence-electron chi connectivity index (χ2n) is 16.7. The van der Waals surface area contributed by atoms with Crippen molar-refractivity contribution in [1.29, 1.82) is 0 Å². The van der Waals surface area contributed by atoms with Crippen molar-refractivity contribution < 1.29 is 53.0 Å². The Kier molecular flexibility index (Phi) is 15.8. The van der Waals surface area contributed by atoms with Crippen LogP contribution in [0.5, 0.6) is 5.75 Å². The minimum atomic E-state index is -1.81. The van der Waals surface area contributed by atoms with Gasteiger partial charge in [0.1, 0.15) is 29.5 Å². The van der Waals surface area contributed by atoms with Gasteiger partial charge in [0, 0.05) is 36.1 Å². The van der Waals surface area contributed by atoms with Gasteiger partial charge in [-0.15, -0.1) is 0 Å². The van der Waals surface area contributed by atoms with Gasteiger partial charge in [0.25, 0.3) is 0 Å². The van der Waals surface area contributed by atoms with Crippen LogP contribution in [0, 0.1) is 35.5 Å². The number of aliphatic hydroxyl groups is 2. The van der Waals surface area contributed by atoms with Gasteiger partial charge < -0.3 is 43.5 Å². The van der Waals surface area contributed by atoms with Crippen LogP contribution in [-0.4, -0.2) is 127 Å². The minimum absolute atomic E-state index is 0.0310. The lowest BCUT2D eigenvalue weighted by Gasteiger charge is -2.47. The summed E-state index contributed by atoms with van der Waals surface area (Å²) in [6, 6.07) is 7.02. The molecule has 1 amide bonds. The summed E-state index contributed by atoms with van der Waals surface area (Å²) in [6.07, 6.45) is -3.14. The molecule has 0 saturated carbocycles. The van der Waals surface area contributed by atoms with Crippen LogP contribution >= 0.6 is 0 Å². The maximum absolute atomic E-state index is 14.5. The Morgan fingerprint density at radius 1 is 1.07 bits per heavy atom. The van der Waals surface area contributed by atoms with E-state index in [1.165, 1.54) is 13.8 Å². The van der Waals surface area contributed by atoms with Crippen molar-refractivity contribution in [2.45, 2.75) is 136 Å². The normalized spacial score (nSPS) is 38.7. The summed E-state index contributed by atoms with van der Waals surface area (Å²) in [5, 5.41) is 24.0. The molecule has 3 aliphatic rings. The average Bonchev–Trinajstić information content (AvgIpc) is 3.17. The molecule has 3 saturated heterocycles. The predicted octanol–water partition coefficient (Wildman–Crippen LogP) is 4.54. The fourth-order valence-electron chi connectivity index (χ4n) is 8.55. The molecule has 2 bridgehead atoms. The fourth-order valence-corrected chi connectivity index (χ4v) is 8.55. The molecule has 1 aromatic carbocycles. The molecule has 13 atom stereocenters. The Bertz CT molecular complexity index is 1700. The van der Waals surface area contributed by atoms with Crippen LogP contribution < -0.4 is 4.74 Å². The zero-order valence-electron chi connectivity index (χ0n) is 35.7. The van der Waals surface area contributed by atoms with E-state index < -0.39 is 83.2 Å². The van der Waals surface area contributed by atoms with Gasteiger partial charge in [0.15, 0.2) is 12.1 Å². The maximum Gasteiger partial charge on any atom is 0.316 e. The Labute approximate surface area is 338 Å². The van der Waals surface area contributed by atoms with Crippen LogP contribution in [-0.2, 0) is 38.1 Å². The summed E-state index contributed by atoms with van der Waals surface area (Å²) in [7, 11) is 5.34. The standard InChI is InChI=1S/C44H64N2O11/c1-13-35-44(9,51)40-27(4)36(45-30(7)47)25(2)22-43(8,54-24-32(23-53-40)16-14-15-31-17-19-33(52-12)20-18-31)39(28(5)37(48)29(6)41(50)56-35)57-42-38(49)34(46(10)11)21-26(3)55-42/h16-20,25-29,34-35,38-40,42,49,51H,13,21-24H2,1-12H3/b32-16-,45-36?/t25?,26-,27?,28+,29-,34+,35-,38?,39?,40?,42+,43-,44-/m1/s1. The number of methoxy groups -OCH3 is 1. The molecule has 3 aliphatic heterocycles. The number of Topliss-reactive ketones (excluding diaryl/α,β-unsaturated/α-hetero) is 1. The number of ether oxygens (including phenoxy) is 6. The Morgan fingerprint density at radius 2 is 1.74 bits per heavy atom. The van der Waals surface area contributed by atoms with Crippen LogP contribution in [0.15, 0.2) is 40.9 Å². The van der Waals surface area contributed by atoms with Crippen LogP contribution in [0.4, 0.5) is 0 Å². The highest BCUT2D eigenvalue weighted by molar-refractivity contribution is 6.00. The smallest absolute Gasteiger partial charge is 0.316 e. The molecular formula is C44H64N2O11. The van der Waals surface area contributed by atoms with Gasteiger partial charge in [0.2, 0.25) is 5.91 Å². The lowest BCUT2D eigenvalue weighted by molar-refractivity contribution is -0.296. The van der Waals surface area contributed by atoms with E-state index in [-0.39, 0.29) is 38.2 Å². The topological polar surface area (TPSA) is 163 Å². The lowest BCUT2D eigenvalue weighted by atomic mass is 9.73. The Morgan fingerprint density at radius 3 is 2.33 bits per heavy atom. The summed E-state index contributed by atoms with van der Waals surface area (Å²) in [4.78, 5) is 47.5. The number of aliphatic hydroxyl groups excluding tert-OH is 1.